The summed E-state index contributed by atoms with van der Waals surface area (Å²) >= 11 is 0. The number of benzene rings is 1. The summed E-state index contributed by atoms with van der Waals surface area (Å²) in [6.07, 6.45) is 3.52. The standard InChI is InChI=1S/C22H25NO4/c24-20-9-15-10-21(27-13-19(15)17-3-1-2-4-18(17)20)14-5-7-23(8-6-14)22(25)16-11-26-12-16/h1-4,14,16,21H,5-13H2. The topological polar surface area (TPSA) is 55.8 Å². The van der Waals surface area contributed by atoms with Gasteiger partial charge in [-0.3, -0.25) is 9.59 Å². The Morgan fingerprint density at radius 2 is 1.81 bits per heavy atom. The smallest absolute Gasteiger partial charge is 0.230 e. The molecule has 0 radical (unpaired) electrons. The van der Waals surface area contributed by atoms with Gasteiger partial charge in [-0.05, 0) is 36.3 Å². The molecule has 3 aliphatic heterocycles. The highest BCUT2D eigenvalue weighted by atomic mass is 16.5. The lowest BCUT2D eigenvalue weighted by Crippen LogP contribution is -2.49. The van der Waals surface area contributed by atoms with Crippen molar-refractivity contribution in [1.29, 1.82) is 0 Å². The van der Waals surface area contributed by atoms with Crippen LogP contribution in [0.1, 0.15) is 41.6 Å². The number of amides is 1. The fraction of sp³-hybridized carbons (Fsp3) is 0.545. The van der Waals surface area contributed by atoms with Crippen LogP contribution in [0.3, 0.4) is 0 Å². The van der Waals surface area contributed by atoms with Crippen LogP contribution in [0.25, 0.3) is 5.57 Å². The molecule has 1 aromatic rings. The number of nitrogens with zero attached hydrogens (tertiary/aromatic N) is 1. The maximum atomic E-state index is 12.5. The summed E-state index contributed by atoms with van der Waals surface area (Å²) in [5.41, 5.74) is 4.38. The Labute approximate surface area is 159 Å². The average molecular weight is 367 g/mol. The van der Waals surface area contributed by atoms with E-state index in [0.717, 1.165) is 43.5 Å². The summed E-state index contributed by atoms with van der Waals surface area (Å²) in [6.45, 7) is 3.39. The zero-order valence-electron chi connectivity index (χ0n) is 15.5. The first-order chi connectivity index (χ1) is 13.2. The normalized spacial score (nSPS) is 26.4. The second kappa shape index (κ2) is 6.88. The summed E-state index contributed by atoms with van der Waals surface area (Å²) in [7, 11) is 0. The first-order valence-corrected chi connectivity index (χ1v) is 10.0. The predicted octanol–water partition coefficient (Wildman–Crippen LogP) is 2.70. The van der Waals surface area contributed by atoms with E-state index in [-0.39, 0.29) is 23.7 Å². The van der Waals surface area contributed by atoms with Gasteiger partial charge in [-0.15, -0.1) is 0 Å². The van der Waals surface area contributed by atoms with Crippen LogP contribution in [-0.2, 0) is 14.3 Å². The lowest BCUT2D eigenvalue weighted by atomic mass is 9.78. The second-order valence-corrected chi connectivity index (χ2v) is 8.18. The Hall–Kier alpha value is -1.98. The molecular weight excluding hydrogens is 342 g/mol. The molecular formula is C22H25NO4. The molecule has 1 atom stereocenters. The number of ether oxygens (including phenoxy) is 2. The lowest BCUT2D eigenvalue weighted by molar-refractivity contribution is -0.152. The van der Waals surface area contributed by atoms with E-state index >= 15 is 0 Å². The van der Waals surface area contributed by atoms with Gasteiger partial charge in [0.1, 0.15) is 0 Å². The number of carbonyl (C=O) groups excluding carboxylic acids is 2. The first-order valence-electron chi connectivity index (χ1n) is 10.0. The van der Waals surface area contributed by atoms with Crippen molar-refractivity contribution in [3.8, 4) is 0 Å². The van der Waals surface area contributed by atoms with E-state index in [4.69, 9.17) is 9.47 Å². The van der Waals surface area contributed by atoms with E-state index in [9.17, 15) is 9.59 Å². The number of hydrogen-bond donors (Lipinski definition) is 0. The third kappa shape index (κ3) is 3.03. The molecule has 4 aliphatic rings. The summed E-state index contributed by atoms with van der Waals surface area (Å²) in [5, 5.41) is 0. The van der Waals surface area contributed by atoms with Gasteiger partial charge in [0.05, 0.1) is 31.8 Å². The van der Waals surface area contributed by atoms with Crippen molar-refractivity contribution < 1.29 is 19.1 Å². The molecule has 0 N–H and O–H groups in total. The van der Waals surface area contributed by atoms with Crippen molar-refractivity contribution in [2.24, 2.45) is 11.8 Å². The minimum Gasteiger partial charge on any atom is -0.380 e. The van der Waals surface area contributed by atoms with Crippen LogP contribution in [0.2, 0.25) is 0 Å². The molecule has 5 rings (SSSR count). The number of rotatable bonds is 2. The highest BCUT2D eigenvalue weighted by Crippen LogP contribution is 2.40. The number of piperidine rings is 1. The Balaban J connectivity index is 1.25. The molecule has 1 amide bonds. The lowest BCUT2D eigenvalue weighted by Gasteiger charge is -2.41. The van der Waals surface area contributed by atoms with Gasteiger partial charge in [0, 0.05) is 25.1 Å². The molecule has 1 unspecified atom stereocenters. The van der Waals surface area contributed by atoms with Gasteiger partial charge < -0.3 is 14.4 Å². The van der Waals surface area contributed by atoms with Crippen LogP contribution in [-0.4, -0.2) is 55.6 Å². The predicted molar refractivity (Wildman–Crippen MR) is 100 cm³/mol. The van der Waals surface area contributed by atoms with E-state index in [1.165, 1.54) is 11.1 Å². The van der Waals surface area contributed by atoms with Gasteiger partial charge >= 0.3 is 0 Å². The summed E-state index contributed by atoms with van der Waals surface area (Å²) in [4.78, 5) is 26.9. The number of ketones is 1. The van der Waals surface area contributed by atoms with Crippen molar-refractivity contribution in [2.45, 2.75) is 31.8 Å². The SMILES string of the molecule is O=C1CC2=C(COC(C3CCN(C(=O)C4COC4)CC3)C2)c2ccccc21. The van der Waals surface area contributed by atoms with Gasteiger partial charge in [0.15, 0.2) is 5.78 Å². The number of fused-ring (bicyclic) bond motifs is 2. The zero-order valence-corrected chi connectivity index (χ0v) is 15.5. The maximum absolute atomic E-state index is 12.5. The van der Waals surface area contributed by atoms with Crippen molar-refractivity contribution in [3.63, 3.8) is 0 Å². The van der Waals surface area contributed by atoms with Gasteiger partial charge in [-0.1, -0.05) is 29.8 Å². The van der Waals surface area contributed by atoms with Crippen molar-refractivity contribution in [2.75, 3.05) is 32.9 Å². The van der Waals surface area contributed by atoms with Gasteiger partial charge in [0.2, 0.25) is 5.91 Å². The van der Waals surface area contributed by atoms with E-state index in [2.05, 4.69) is 0 Å². The molecule has 0 saturated carbocycles. The Bertz CT molecular complexity index is 802. The summed E-state index contributed by atoms with van der Waals surface area (Å²) < 4.78 is 11.4. The fourth-order valence-electron chi connectivity index (χ4n) is 4.87. The Morgan fingerprint density at radius 3 is 2.52 bits per heavy atom. The monoisotopic (exact) mass is 367 g/mol. The van der Waals surface area contributed by atoms with Crippen molar-refractivity contribution in [3.05, 3.63) is 41.0 Å². The number of hydrogen-bond acceptors (Lipinski definition) is 4. The van der Waals surface area contributed by atoms with Crippen LogP contribution < -0.4 is 0 Å². The van der Waals surface area contributed by atoms with E-state index in [1.54, 1.807) is 0 Å². The molecule has 5 nitrogen and oxygen atoms in total. The van der Waals surface area contributed by atoms with Gasteiger partial charge in [0.25, 0.3) is 0 Å². The molecule has 2 saturated heterocycles. The number of Topliss-reactive ketones (excluding diaryl/α,β-unsaturated/α-hetero) is 1. The highest BCUT2D eigenvalue weighted by Gasteiger charge is 2.37. The zero-order chi connectivity index (χ0) is 18.4. The second-order valence-electron chi connectivity index (χ2n) is 8.18. The molecule has 0 spiro atoms. The van der Waals surface area contributed by atoms with Gasteiger partial charge in [-0.2, -0.15) is 0 Å². The number of likely N-dealkylation sites (tertiary alicyclic amines) is 1. The minimum absolute atomic E-state index is 0.0773. The fourth-order valence-corrected chi connectivity index (χ4v) is 4.87. The van der Waals surface area contributed by atoms with E-state index in [1.807, 2.05) is 29.2 Å². The third-order valence-corrected chi connectivity index (χ3v) is 6.61. The summed E-state index contributed by atoms with van der Waals surface area (Å²) in [6, 6.07) is 7.89. The molecule has 142 valence electrons. The minimum atomic E-state index is 0.0773. The molecule has 2 fully saturated rings. The van der Waals surface area contributed by atoms with E-state index in [0.29, 0.717) is 32.2 Å². The van der Waals surface area contributed by atoms with Crippen LogP contribution >= 0.6 is 0 Å². The third-order valence-electron chi connectivity index (χ3n) is 6.61. The molecule has 0 bridgehead atoms. The molecule has 5 heteroatoms. The van der Waals surface area contributed by atoms with E-state index < -0.39 is 0 Å². The molecule has 1 aromatic carbocycles. The van der Waals surface area contributed by atoms with Crippen LogP contribution in [0.5, 0.6) is 0 Å². The number of carbonyl (C=O) groups is 2. The first kappa shape index (κ1) is 17.1. The highest BCUT2D eigenvalue weighted by molar-refractivity contribution is 6.06. The Morgan fingerprint density at radius 1 is 1.07 bits per heavy atom. The largest absolute Gasteiger partial charge is 0.380 e. The summed E-state index contributed by atoms with van der Waals surface area (Å²) in [5.74, 6) is 1.03. The average Bonchev–Trinajstić information content (AvgIpc) is 2.66. The quantitative estimate of drug-likeness (QED) is 0.807. The molecule has 3 heterocycles. The van der Waals surface area contributed by atoms with Crippen molar-refractivity contribution in [1.82, 2.24) is 4.90 Å². The van der Waals surface area contributed by atoms with Gasteiger partial charge in [-0.25, -0.2) is 0 Å². The molecule has 1 aliphatic carbocycles. The van der Waals surface area contributed by atoms with Crippen LogP contribution in [0.4, 0.5) is 0 Å². The Kier molecular flexibility index (Phi) is 4.37. The molecule has 0 aromatic heterocycles. The van der Waals surface area contributed by atoms with Crippen LogP contribution in [0, 0.1) is 11.8 Å². The van der Waals surface area contributed by atoms with Crippen LogP contribution in [0.15, 0.2) is 29.8 Å². The molecule has 27 heavy (non-hydrogen) atoms. The van der Waals surface area contributed by atoms with Crippen molar-refractivity contribution >= 4 is 17.3 Å². The maximum Gasteiger partial charge on any atom is 0.230 e.